The number of hydrogen-bond acceptors (Lipinski definition) is 5. The van der Waals surface area contributed by atoms with Crippen LogP contribution in [-0.2, 0) is 14.9 Å². The monoisotopic (exact) mass is 380 g/mol. The van der Waals surface area contributed by atoms with E-state index in [0.717, 1.165) is 25.0 Å². The predicted octanol–water partition coefficient (Wildman–Crippen LogP) is 0.750. The molecule has 0 amide bonds. The van der Waals surface area contributed by atoms with E-state index in [1.165, 1.54) is 25.7 Å². The van der Waals surface area contributed by atoms with Crippen molar-refractivity contribution in [3.05, 3.63) is 30.3 Å². The minimum Gasteiger partial charge on any atom is -0.748 e. The zero-order valence-electron chi connectivity index (χ0n) is 15.5. The van der Waals surface area contributed by atoms with Gasteiger partial charge in [0.1, 0.15) is 11.9 Å². The van der Waals surface area contributed by atoms with Gasteiger partial charge in [-0.25, -0.2) is 8.42 Å². The summed E-state index contributed by atoms with van der Waals surface area (Å²) in [5, 5.41) is 0. The topological polar surface area (TPSA) is 75.7 Å². The van der Waals surface area contributed by atoms with Crippen molar-refractivity contribution in [3.63, 3.8) is 0 Å². The van der Waals surface area contributed by atoms with Gasteiger partial charge in [-0.05, 0) is 25.0 Å². The van der Waals surface area contributed by atoms with Crippen LogP contribution in [0, 0.1) is 0 Å². The summed E-state index contributed by atoms with van der Waals surface area (Å²) in [7, 11) is -4.23. The first-order valence-electron chi connectivity index (χ1n) is 8.74. The summed E-state index contributed by atoms with van der Waals surface area (Å²) in [5.74, 6) is 0.274. The van der Waals surface area contributed by atoms with Gasteiger partial charge in [-0.1, -0.05) is 57.2 Å². The van der Waals surface area contributed by atoms with Gasteiger partial charge in [0.15, 0.2) is 0 Å². The van der Waals surface area contributed by atoms with Crippen molar-refractivity contribution in [2.75, 3.05) is 19.0 Å². The first-order valence-corrected chi connectivity index (χ1v) is 10.3. The summed E-state index contributed by atoms with van der Waals surface area (Å²) in [6, 6.07) is 9.50. The molecule has 5 nitrogen and oxygen atoms in total. The largest absolute Gasteiger partial charge is 1.00 e. The van der Waals surface area contributed by atoms with Gasteiger partial charge in [-0.15, -0.1) is 0 Å². The maximum Gasteiger partial charge on any atom is 1.00 e. The molecule has 25 heavy (non-hydrogen) atoms. The van der Waals surface area contributed by atoms with E-state index in [1.807, 2.05) is 30.3 Å². The summed E-state index contributed by atoms with van der Waals surface area (Å²) >= 11 is 0. The van der Waals surface area contributed by atoms with Gasteiger partial charge in [0.2, 0.25) is 0 Å². The molecule has 0 spiro atoms. The summed E-state index contributed by atoms with van der Waals surface area (Å²) in [6.45, 7) is 2.40. The first kappa shape index (κ1) is 24.9. The van der Waals surface area contributed by atoms with Gasteiger partial charge in [0.25, 0.3) is 0 Å². The quantitative estimate of drug-likeness (QED) is 0.270. The third kappa shape index (κ3) is 14.7. The van der Waals surface area contributed by atoms with E-state index in [-0.39, 0.29) is 42.3 Å². The molecule has 0 saturated heterocycles. The molecule has 0 fully saturated rings. The van der Waals surface area contributed by atoms with Gasteiger partial charge in [-0.2, -0.15) is 0 Å². The van der Waals surface area contributed by atoms with Crippen molar-refractivity contribution in [2.45, 2.75) is 58.0 Å². The Bertz CT molecular complexity index is 522. The fourth-order valence-electron chi connectivity index (χ4n) is 2.40. The normalized spacial score (nSPS) is 12.4. The van der Waals surface area contributed by atoms with Crippen molar-refractivity contribution in [1.82, 2.24) is 0 Å². The van der Waals surface area contributed by atoms with E-state index < -0.39 is 15.9 Å². The van der Waals surface area contributed by atoms with E-state index in [9.17, 15) is 13.0 Å². The van der Waals surface area contributed by atoms with E-state index in [2.05, 4.69) is 6.92 Å². The Hall–Kier alpha value is -0.110. The Morgan fingerprint density at radius 2 is 1.68 bits per heavy atom. The maximum absolute atomic E-state index is 10.6. The number of benzene rings is 1. The van der Waals surface area contributed by atoms with Crippen molar-refractivity contribution in [2.24, 2.45) is 0 Å². The zero-order valence-corrected chi connectivity index (χ0v) is 18.3. The molecule has 0 N–H and O–H groups in total. The fourth-order valence-corrected chi connectivity index (χ4v) is 2.72. The third-order valence-corrected chi connectivity index (χ3v) is 4.37. The molecule has 1 aromatic rings. The van der Waals surface area contributed by atoms with Crippen molar-refractivity contribution >= 4 is 10.1 Å². The number of para-hydroxylation sites is 1. The maximum atomic E-state index is 10.6. The second kappa shape index (κ2) is 15.0. The molecule has 138 valence electrons. The first-order chi connectivity index (χ1) is 11.5. The molecule has 0 heterocycles. The minimum atomic E-state index is -4.23. The van der Waals surface area contributed by atoms with Crippen LogP contribution in [0.15, 0.2) is 30.3 Å². The fraction of sp³-hybridized carbons (Fsp3) is 0.667. The molecule has 0 aliphatic rings. The van der Waals surface area contributed by atoms with Gasteiger partial charge < -0.3 is 14.0 Å². The number of unbranched alkanes of at least 4 members (excludes halogenated alkanes) is 5. The van der Waals surface area contributed by atoms with Gasteiger partial charge >= 0.3 is 29.6 Å². The third-order valence-electron chi connectivity index (χ3n) is 3.71. The van der Waals surface area contributed by atoms with Crippen LogP contribution in [-0.4, -0.2) is 38.0 Å². The SMILES string of the molecule is CCCCCCCCC(COCCS(=O)(=O)[O-])Oc1ccccc1.[Na+]. The van der Waals surface area contributed by atoms with E-state index >= 15 is 0 Å². The van der Waals surface area contributed by atoms with Crippen LogP contribution in [0.5, 0.6) is 5.75 Å². The average molecular weight is 380 g/mol. The standard InChI is InChI=1S/C18H30O5S.Na/c1-2-3-4-5-6-8-13-18(16-22-14-15-24(19,20)21)23-17-11-9-7-10-12-17;/h7,9-12,18H,2-6,8,13-16H2,1H3,(H,19,20,21);/q;+1/p-1. The Labute approximate surface area is 174 Å². The zero-order chi connectivity index (χ0) is 17.7. The Kier molecular flexibility index (Phi) is 14.9. The van der Waals surface area contributed by atoms with Gasteiger partial charge in [-0.3, -0.25) is 0 Å². The number of hydrogen-bond donors (Lipinski definition) is 0. The molecule has 0 bridgehead atoms. The summed E-state index contributed by atoms with van der Waals surface area (Å²) in [5.41, 5.74) is 0. The molecule has 0 saturated carbocycles. The Morgan fingerprint density at radius 1 is 1.04 bits per heavy atom. The van der Waals surface area contributed by atoms with E-state index in [1.54, 1.807) is 0 Å². The smallest absolute Gasteiger partial charge is 0.748 e. The van der Waals surface area contributed by atoms with Crippen LogP contribution in [0.25, 0.3) is 0 Å². The molecule has 1 rings (SSSR count). The molecule has 1 atom stereocenters. The minimum absolute atomic E-state index is 0. The Balaban J connectivity index is 0.00000576. The molecular weight excluding hydrogens is 351 g/mol. The molecule has 1 unspecified atom stereocenters. The molecule has 0 aliphatic carbocycles. The number of rotatable bonds is 14. The van der Waals surface area contributed by atoms with E-state index in [4.69, 9.17) is 9.47 Å². The second-order valence-corrected chi connectivity index (χ2v) is 7.47. The molecule has 7 heteroatoms. The Morgan fingerprint density at radius 3 is 2.32 bits per heavy atom. The van der Waals surface area contributed by atoms with Crippen LogP contribution >= 0.6 is 0 Å². The molecule has 0 aromatic heterocycles. The van der Waals surface area contributed by atoms with Crippen molar-refractivity contribution < 1.29 is 52.0 Å². The molecule has 1 aromatic carbocycles. The summed E-state index contributed by atoms with van der Waals surface area (Å²) in [6.07, 6.45) is 7.92. The number of ether oxygens (including phenoxy) is 2. The average Bonchev–Trinajstić information content (AvgIpc) is 2.54. The second-order valence-electron chi connectivity index (χ2n) is 5.95. The van der Waals surface area contributed by atoms with Crippen LogP contribution in [0.1, 0.15) is 51.9 Å². The van der Waals surface area contributed by atoms with Crippen LogP contribution in [0.4, 0.5) is 0 Å². The van der Waals surface area contributed by atoms with Crippen molar-refractivity contribution in [1.29, 1.82) is 0 Å². The molecule has 0 aliphatic heterocycles. The van der Waals surface area contributed by atoms with Crippen LogP contribution < -0.4 is 34.3 Å². The van der Waals surface area contributed by atoms with Crippen LogP contribution in [0.3, 0.4) is 0 Å². The summed E-state index contributed by atoms with van der Waals surface area (Å²) in [4.78, 5) is 0. The van der Waals surface area contributed by atoms with Crippen LogP contribution in [0.2, 0.25) is 0 Å². The van der Waals surface area contributed by atoms with E-state index in [0.29, 0.717) is 6.61 Å². The molecule has 0 radical (unpaired) electrons. The van der Waals surface area contributed by atoms with Gasteiger partial charge in [0, 0.05) is 0 Å². The molecular formula is C18H29NaO5S. The summed E-state index contributed by atoms with van der Waals surface area (Å²) < 4.78 is 43.0. The van der Waals surface area contributed by atoms with Crippen molar-refractivity contribution in [3.8, 4) is 5.75 Å². The predicted molar refractivity (Wildman–Crippen MR) is 94.2 cm³/mol. The van der Waals surface area contributed by atoms with Gasteiger partial charge in [0.05, 0.1) is 29.1 Å².